The topological polar surface area (TPSA) is 12.5 Å². The fraction of sp³-hybridized carbons (Fsp3) is 0.538. The van der Waals surface area contributed by atoms with Crippen LogP contribution in [-0.2, 0) is 4.74 Å². The van der Waals surface area contributed by atoms with Gasteiger partial charge < -0.3 is 4.74 Å². The first-order valence-corrected chi connectivity index (χ1v) is 5.78. The summed E-state index contributed by atoms with van der Waals surface area (Å²) in [6.45, 7) is 1.91. The van der Waals surface area contributed by atoms with Crippen LogP contribution in [0.3, 0.4) is 0 Å². The second-order valence-corrected chi connectivity index (χ2v) is 4.46. The number of hydrogen-bond donors (Lipinski definition) is 0. The van der Waals surface area contributed by atoms with Crippen LogP contribution in [0, 0.1) is 12.3 Å². The Hall–Kier alpha value is -0.750. The molecule has 0 bridgehead atoms. The van der Waals surface area contributed by atoms with Crippen molar-refractivity contribution in [2.75, 3.05) is 14.1 Å². The smallest absolute Gasteiger partial charge is 0.145 e. The standard InChI is InChI=1S/C13H18ClNO/c1-5-7-12(14)11(6-2)13(15(3)4)16-10-8-9-10/h2,5,7,10,13H,8-9H2,1,3-4H3/b7-5-,12-11-. The number of nitrogens with zero attached hydrogens (tertiary/aromatic N) is 1. The summed E-state index contributed by atoms with van der Waals surface area (Å²) in [6.07, 6.45) is 11.5. The van der Waals surface area contributed by atoms with E-state index in [2.05, 4.69) is 5.92 Å². The number of hydrogen-bond acceptors (Lipinski definition) is 2. The minimum atomic E-state index is -0.221. The third-order valence-corrected chi connectivity index (χ3v) is 2.62. The summed E-state index contributed by atoms with van der Waals surface area (Å²) in [5, 5.41) is 0.573. The highest BCUT2D eigenvalue weighted by molar-refractivity contribution is 6.31. The molecule has 0 amide bonds. The number of rotatable bonds is 5. The first-order valence-electron chi connectivity index (χ1n) is 5.41. The van der Waals surface area contributed by atoms with Gasteiger partial charge in [0.05, 0.1) is 16.7 Å². The lowest BCUT2D eigenvalue weighted by Gasteiger charge is -2.25. The Morgan fingerprint density at radius 1 is 1.56 bits per heavy atom. The number of likely N-dealkylation sites (N-methyl/N-ethyl adjacent to an activating group) is 1. The predicted molar refractivity (Wildman–Crippen MR) is 68.1 cm³/mol. The monoisotopic (exact) mass is 239 g/mol. The van der Waals surface area contributed by atoms with Gasteiger partial charge in [-0.3, -0.25) is 4.90 Å². The van der Waals surface area contributed by atoms with E-state index >= 15 is 0 Å². The zero-order valence-corrected chi connectivity index (χ0v) is 10.8. The van der Waals surface area contributed by atoms with Crippen molar-refractivity contribution in [3.63, 3.8) is 0 Å². The summed E-state index contributed by atoms with van der Waals surface area (Å²) in [6, 6.07) is 0. The molecule has 1 saturated carbocycles. The molecular formula is C13H18ClNO. The molecule has 1 aliphatic rings. The van der Waals surface area contributed by atoms with Gasteiger partial charge >= 0.3 is 0 Å². The number of terminal acetylenes is 1. The summed E-state index contributed by atoms with van der Waals surface area (Å²) in [4.78, 5) is 1.94. The van der Waals surface area contributed by atoms with Crippen molar-refractivity contribution >= 4 is 11.6 Å². The minimum absolute atomic E-state index is 0.221. The fourth-order valence-electron chi connectivity index (χ4n) is 1.33. The summed E-state index contributed by atoms with van der Waals surface area (Å²) >= 11 is 6.13. The molecule has 2 nitrogen and oxygen atoms in total. The maximum absolute atomic E-state index is 6.13. The maximum atomic E-state index is 6.13. The first-order chi connectivity index (χ1) is 7.60. The molecular weight excluding hydrogens is 222 g/mol. The highest BCUT2D eigenvalue weighted by atomic mass is 35.5. The van der Waals surface area contributed by atoms with Crippen molar-refractivity contribution in [2.45, 2.75) is 32.1 Å². The van der Waals surface area contributed by atoms with Crippen LogP contribution in [0.4, 0.5) is 0 Å². The number of halogens is 1. The van der Waals surface area contributed by atoms with E-state index in [0.717, 1.165) is 12.8 Å². The van der Waals surface area contributed by atoms with Crippen molar-refractivity contribution in [3.8, 4) is 12.3 Å². The SMILES string of the molecule is C#C/C(=C(Cl)\C=C/C)C(OC1CC1)N(C)C. The van der Waals surface area contributed by atoms with Gasteiger partial charge in [0.15, 0.2) is 0 Å². The molecule has 1 atom stereocenters. The lowest BCUT2D eigenvalue weighted by molar-refractivity contribution is -0.0181. The van der Waals surface area contributed by atoms with Gasteiger partial charge in [-0.1, -0.05) is 23.6 Å². The molecule has 1 fully saturated rings. The van der Waals surface area contributed by atoms with Gasteiger partial charge in [0, 0.05) is 0 Å². The van der Waals surface area contributed by atoms with Crippen molar-refractivity contribution in [3.05, 3.63) is 22.8 Å². The maximum Gasteiger partial charge on any atom is 0.145 e. The molecule has 3 heteroatoms. The normalized spacial score (nSPS) is 19.8. The summed E-state index contributed by atoms with van der Waals surface area (Å²) in [5.41, 5.74) is 0.691. The molecule has 0 aliphatic heterocycles. The zero-order valence-electron chi connectivity index (χ0n) is 10.0. The van der Waals surface area contributed by atoms with E-state index in [1.165, 1.54) is 0 Å². The average molecular weight is 240 g/mol. The second kappa shape index (κ2) is 6.10. The molecule has 0 radical (unpaired) electrons. The van der Waals surface area contributed by atoms with Gasteiger partial charge in [-0.15, -0.1) is 6.42 Å². The third kappa shape index (κ3) is 3.68. The Morgan fingerprint density at radius 3 is 2.56 bits per heavy atom. The minimum Gasteiger partial charge on any atom is -0.355 e. The Bertz CT molecular complexity index is 334. The third-order valence-electron chi connectivity index (χ3n) is 2.29. The van der Waals surface area contributed by atoms with Crippen LogP contribution < -0.4 is 0 Å². The highest BCUT2D eigenvalue weighted by Gasteiger charge is 2.29. The Balaban J connectivity index is 2.88. The molecule has 0 spiro atoms. The van der Waals surface area contributed by atoms with Gasteiger partial charge in [0.25, 0.3) is 0 Å². The van der Waals surface area contributed by atoms with Gasteiger partial charge in [-0.25, -0.2) is 0 Å². The molecule has 0 aromatic carbocycles. The van der Waals surface area contributed by atoms with Crippen molar-refractivity contribution in [2.24, 2.45) is 0 Å². The van der Waals surface area contributed by atoms with Crippen LogP contribution in [0.1, 0.15) is 19.8 Å². The first kappa shape index (κ1) is 13.3. The molecule has 0 saturated heterocycles. The van der Waals surface area contributed by atoms with Gasteiger partial charge in [0.2, 0.25) is 0 Å². The van der Waals surface area contributed by atoms with Crippen molar-refractivity contribution in [1.29, 1.82) is 0 Å². The Kier molecular flexibility index (Phi) is 5.08. The fourth-order valence-corrected chi connectivity index (χ4v) is 1.60. The van der Waals surface area contributed by atoms with Crippen LogP contribution in [0.15, 0.2) is 22.8 Å². The Morgan fingerprint density at radius 2 is 2.19 bits per heavy atom. The van der Waals surface area contributed by atoms with Gasteiger partial charge in [0.1, 0.15) is 6.23 Å². The van der Waals surface area contributed by atoms with Crippen molar-refractivity contribution in [1.82, 2.24) is 4.90 Å². The summed E-state index contributed by atoms with van der Waals surface area (Å²) in [5.74, 6) is 2.63. The van der Waals surface area contributed by atoms with Crippen LogP contribution in [-0.4, -0.2) is 31.3 Å². The van der Waals surface area contributed by atoms with E-state index < -0.39 is 0 Å². The van der Waals surface area contributed by atoms with E-state index in [9.17, 15) is 0 Å². The van der Waals surface area contributed by atoms with Crippen LogP contribution in [0.5, 0.6) is 0 Å². The molecule has 1 unspecified atom stereocenters. The van der Waals surface area contributed by atoms with E-state index in [0.29, 0.717) is 16.7 Å². The number of ether oxygens (including phenoxy) is 1. The van der Waals surface area contributed by atoms with E-state index in [1.54, 1.807) is 6.08 Å². The van der Waals surface area contributed by atoms with Gasteiger partial charge in [-0.2, -0.15) is 0 Å². The largest absolute Gasteiger partial charge is 0.355 e. The molecule has 88 valence electrons. The molecule has 1 rings (SSSR count). The summed E-state index contributed by atoms with van der Waals surface area (Å²) in [7, 11) is 3.87. The lowest BCUT2D eigenvalue weighted by Crippen LogP contribution is -2.33. The van der Waals surface area contributed by atoms with Gasteiger partial charge in [-0.05, 0) is 39.9 Å². The van der Waals surface area contributed by atoms with Crippen LogP contribution in [0.2, 0.25) is 0 Å². The van der Waals surface area contributed by atoms with E-state index in [4.69, 9.17) is 22.8 Å². The second-order valence-electron chi connectivity index (χ2n) is 4.06. The molecule has 0 heterocycles. The zero-order chi connectivity index (χ0) is 12.1. The van der Waals surface area contributed by atoms with E-state index in [-0.39, 0.29) is 6.23 Å². The summed E-state index contributed by atoms with van der Waals surface area (Å²) < 4.78 is 5.85. The van der Waals surface area contributed by atoms with Crippen molar-refractivity contribution < 1.29 is 4.74 Å². The molecule has 1 aliphatic carbocycles. The average Bonchev–Trinajstić information content (AvgIpc) is 3.01. The highest BCUT2D eigenvalue weighted by Crippen LogP contribution is 2.29. The molecule has 0 N–H and O–H groups in total. The van der Waals surface area contributed by atoms with E-state index in [1.807, 2.05) is 32.0 Å². The molecule has 0 aromatic heterocycles. The predicted octanol–water partition coefficient (Wildman–Crippen LogP) is 2.76. The Labute approximate surface area is 103 Å². The molecule has 16 heavy (non-hydrogen) atoms. The quantitative estimate of drug-likeness (QED) is 0.416. The lowest BCUT2D eigenvalue weighted by atomic mass is 10.2. The number of allylic oxidation sites excluding steroid dienone is 3. The molecule has 0 aromatic rings. The van der Waals surface area contributed by atoms with Crippen LogP contribution in [0.25, 0.3) is 0 Å². The van der Waals surface area contributed by atoms with Crippen LogP contribution >= 0.6 is 11.6 Å².